The van der Waals surface area contributed by atoms with Crippen LogP contribution in [0.1, 0.15) is 58.4 Å². The van der Waals surface area contributed by atoms with E-state index in [2.05, 4.69) is 58.0 Å². The summed E-state index contributed by atoms with van der Waals surface area (Å²) in [6.07, 6.45) is 3.33. The Balaban J connectivity index is 2.79. The summed E-state index contributed by atoms with van der Waals surface area (Å²) in [6, 6.07) is 10.8. The van der Waals surface area contributed by atoms with E-state index in [4.69, 9.17) is 11.6 Å². The molecule has 2 unspecified atom stereocenters. The van der Waals surface area contributed by atoms with E-state index in [9.17, 15) is 0 Å². The summed E-state index contributed by atoms with van der Waals surface area (Å²) in [5, 5.41) is 0.294. The average molecular weight is 253 g/mol. The average Bonchev–Trinajstić information content (AvgIpc) is 2.27. The molecule has 0 amide bonds. The third-order valence-corrected chi connectivity index (χ3v) is 3.60. The highest BCUT2D eigenvalue weighted by Gasteiger charge is 2.22. The Labute approximate surface area is 111 Å². The zero-order valence-corrected chi connectivity index (χ0v) is 12.3. The Morgan fingerprint density at radius 2 is 1.71 bits per heavy atom. The Morgan fingerprint density at radius 3 is 2.18 bits per heavy atom. The topological polar surface area (TPSA) is 0 Å². The minimum absolute atomic E-state index is 0.294. The highest BCUT2D eigenvalue weighted by molar-refractivity contribution is 6.20. The number of hydrogen-bond donors (Lipinski definition) is 0. The van der Waals surface area contributed by atoms with Crippen molar-refractivity contribution in [1.29, 1.82) is 0 Å². The highest BCUT2D eigenvalue weighted by atomic mass is 35.5. The number of benzene rings is 1. The van der Waals surface area contributed by atoms with Gasteiger partial charge < -0.3 is 0 Å². The van der Waals surface area contributed by atoms with Crippen LogP contribution < -0.4 is 0 Å². The lowest BCUT2D eigenvalue weighted by Gasteiger charge is -2.27. The molecule has 0 aliphatic heterocycles. The van der Waals surface area contributed by atoms with Crippen molar-refractivity contribution in [2.75, 3.05) is 0 Å². The molecule has 0 saturated heterocycles. The smallest absolute Gasteiger partial charge is 0.0339 e. The van der Waals surface area contributed by atoms with Crippen molar-refractivity contribution in [3.63, 3.8) is 0 Å². The first-order valence-corrected chi connectivity index (χ1v) is 7.05. The molecule has 17 heavy (non-hydrogen) atoms. The van der Waals surface area contributed by atoms with E-state index in [-0.39, 0.29) is 0 Å². The van der Waals surface area contributed by atoms with Crippen molar-refractivity contribution < 1.29 is 0 Å². The van der Waals surface area contributed by atoms with E-state index in [1.165, 1.54) is 12.0 Å². The normalized spacial score (nSPS) is 15.6. The first-order chi connectivity index (χ1) is 7.92. The molecular formula is C16H25Cl. The van der Waals surface area contributed by atoms with E-state index in [0.29, 0.717) is 16.7 Å². The predicted octanol–water partition coefficient (Wildman–Crippen LogP) is 5.61. The van der Waals surface area contributed by atoms with E-state index < -0.39 is 0 Å². The lowest BCUT2D eigenvalue weighted by atomic mass is 9.79. The Bertz CT molecular complexity index is 310. The van der Waals surface area contributed by atoms with Gasteiger partial charge in [0.05, 0.1) is 0 Å². The van der Waals surface area contributed by atoms with Gasteiger partial charge in [0.2, 0.25) is 0 Å². The van der Waals surface area contributed by atoms with Crippen LogP contribution in [-0.4, -0.2) is 5.38 Å². The van der Waals surface area contributed by atoms with Gasteiger partial charge in [-0.25, -0.2) is 0 Å². The quantitative estimate of drug-likeness (QED) is 0.597. The van der Waals surface area contributed by atoms with Crippen LogP contribution in [-0.2, 0) is 0 Å². The van der Waals surface area contributed by atoms with E-state index in [1.54, 1.807) is 0 Å². The van der Waals surface area contributed by atoms with Crippen LogP contribution in [0.2, 0.25) is 0 Å². The van der Waals surface area contributed by atoms with Gasteiger partial charge in [0.1, 0.15) is 0 Å². The predicted molar refractivity (Wildman–Crippen MR) is 77.8 cm³/mol. The maximum atomic E-state index is 6.34. The molecular weight excluding hydrogens is 228 g/mol. The molecule has 96 valence electrons. The molecule has 0 aromatic heterocycles. The van der Waals surface area contributed by atoms with Crippen LogP contribution in [0.15, 0.2) is 30.3 Å². The van der Waals surface area contributed by atoms with E-state index in [0.717, 1.165) is 12.8 Å². The third-order valence-electron chi connectivity index (χ3n) is 3.11. The second-order valence-corrected chi connectivity index (χ2v) is 6.73. The second-order valence-electron chi connectivity index (χ2n) is 6.11. The van der Waals surface area contributed by atoms with Crippen molar-refractivity contribution >= 4 is 11.6 Å². The molecule has 0 heterocycles. The first-order valence-electron chi connectivity index (χ1n) is 6.61. The molecule has 1 rings (SSSR count). The maximum Gasteiger partial charge on any atom is 0.0339 e. The van der Waals surface area contributed by atoms with Gasteiger partial charge in [0, 0.05) is 5.38 Å². The molecule has 1 aromatic carbocycles. The first kappa shape index (κ1) is 14.6. The monoisotopic (exact) mass is 252 g/mol. The van der Waals surface area contributed by atoms with Crippen molar-refractivity contribution in [2.24, 2.45) is 5.41 Å². The molecule has 2 atom stereocenters. The maximum absolute atomic E-state index is 6.34. The molecule has 0 nitrogen and oxygen atoms in total. The molecule has 1 aromatic rings. The van der Waals surface area contributed by atoms with Gasteiger partial charge in [-0.15, -0.1) is 11.6 Å². The summed E-state index contributed by atoms with van der Waals surface area (Å²) >= 11 is 6.34. The molecule has 0 saturated carbocycles. The molecule has 0 N–H and O–H groups in total. The van der Waals surface area contributed by atoms with Gasteiger partial charge >= 0.3 is 0 Å². The van der Waals surface area contributed by atoms with Crippen molar-refractivity contribution in [1.82, 2.24) is 0 Å². The second kappa shape index (κ2) is 6.44. The Hall–Kier alpha value is -0.490. The van der Waals surface area contributed by atoms with Crippen LogP contribution in [0.5, 0.6) is 0 Å². The highest BCUT2D eigenvalue weighted by Crippen LogP contribution is 2.35. The van der Waals surface area contributed by atoms with Crippen molar-refractivity contribution in [2.45, 2.75) is 58.3 Å². The molecule has 0 bridgehead atoms. The number of halogens is 1. The van der Waals surface area contributed by atoms with Crippen LogP contribution in [0.3, 0.4) is 0 Å². The van der Waals surface area contributed by atoms with Gasteiger partial charge in [-0.2, -0.15) is 0 Å². The summed E-state index contributed by atoms with van der Waals surface area (Å²) in [7, 11) is 0. The van der Waals surface area contributed by atoms with E-state index >= 15 is 0 Å². The summed E-state index contributed by atoms with van der Waals surface area (Å²) < 4.78 is 0. The fourth-order valence-corrected chi connectivity index (χ4v) is 2.49. The van der Waals surface area contributed by atoms with Gasteiger partial charge in [0.25, 0.3) is 0 Å². The molecule has 0 aliphatic carbocycles. The number of hydrogen-bond acceptors (Lipinski definition) is 0. The zero-order chi connectivity index (χ0) is 12.9. The Kier molecular flexibility index (Phi) is 5.52. The minimum atomic E-state index is 0.294. The number of alkyl halides is 1. The molecule has 0 spiro atoms. The lowest BCUT2D eigenvalue weighted by Crippen LogP contribution is -2.15. The van der Waals surface area contributed by atoms with Crippen LogP contribution in [0.25, 0.3) is 0 Å². The zero-order valence-electron chi connectivity index (χ0n) is 11.5. The summed E-state index contributed by atoms with van der Waals surface area (Å²) in [5.74, 6) is 0.582. The van der Waals surface area contributed by atoms with Crippen LogP contribution in [0, 0.1) is 5.41 Å². The van der Waals surface area contributed by atoms with Crippen LogP contribution >= 0.6 is 11.6 Å². The summed E-state index contributed by atoms with van der Waals surface area (Å²) in [4.78, 5) is 0. The molecule has 1 heteroatoms. The minimum Gasteiger partial charge on any atom is -0.123 e. The summed E-state index contributed by atoms with van der Waals surface area (Å²) in [5.41, 5.74) is 1.78. The van der Waals surface area contributed by atoms with Gasteiger partial charge in [-0.05, 0) is 36.2 Å². The Morgan fingerprint density at radius 1 is 1.12 bits per heavy atom. The fraction of sp³-hybridized carbons (Fsp3) is 0.625. The number of rotatable bonds is 5. The van der Waals surface area contributed by atoms with Gasteiger partial charge in [0.15, 0.2) is 0 Å². The third kappa shape index (κ3) is 5.59. The van der Waals surface area contributed by atoms with Gasteiger partial charge in [-0.1, -0.05) is 58.0 Å². The van der Waals surface area contributed by atoms with Gasteiger partial charge in [-0.3, -0.25) is 0 Å². The molecule has 0 aliphatic rings. The largest absolute Gasteiger partial charge is 0.123 e. The van der Waals surface area contributed by atoms with E-state index in [1.807, 2.05) is 0 Å². The standard InChI is InChI=1S/C16H25Cl/c1-5-15(17)11-14(12-16(2,3)4)13-9-7-6-8-10-13/h6-10,14-15H,5,11-12H2,1-4H3. The fourth-order valence-electron chi connectivity index (χ4n) is 2.28. The van der Waals surface area contributed by atoms with Crippen molar-refractivity contribution in [3.05, 3.63) is 35.9 Å². The van der Waals surface area contributed by atoms with Crippen LogP contribution in [0.4, 0.5) is 0 Å². The molecule has 0 radical (unpaired) electrons. The molecule has 0 fully saturated rings. The SMILES string of the molecule is CCC(Cl)CC(CC(C)(C)C)c1ccccc1. The van der Waals surface area contributed by atoms with Crippen molar-refractivity contribution in [3.8, 4) is 0 Å². The lowest BCUT2D eigenvalue weighted by molar-refractivity contribution is 0.328. The summed E-state index contributed by atoms with van der Waals surface area (Å²) in [6.45, 7) is 9.07.